The lowest BCUT2D eigenvalue weighted by atomic mass is 9.90. The summed E-state index contributed by atoms with van der Waals surface area (Å²) in [5.74, 6) is -1.02. The number of imide groups is 1. The van der Waals surface area contributed by atoms with Gasteiger partial charge in [0.25, 0.3) is 11.8 Å². The summed E-state index contributed by atoms with van der Waals surface area (Å²) in [6.45, 7) is 0. The molecule has 68 heavy (non-hydrogen) atoms. The Labute approximate surface area is 390 Å². The number of benzene rings is 9. The monoisotopic (exact) mass is 868 g/mol. The summed E-state index contributed by atoms with van der Waals surface area (Å²) in [5.41, 5.74) is 11.0. The van der Waals surface area contributed by atoms with Crippen molar-refractivity contribution in [2.24, 2.45) is 0 Å². The molecule has 0 aliphatic carbocycles. The van der Waals surface area contributed by atoms with E-state index < -0.39 is 11.8 Å². The number of para-hydroxylation sites is 2. The van der Waals surface area contributed by atoms with E-state index in [2.05, 4.69) is 24.3 Å². The topological polar surface area (TPSA) is 137 Å². The van der Waals surface area contributed by atoms with Gasteiger partial charge in [0.05, 0.1) is 80.1 Å². The number of nitriles is 4. The third-order valence-electron chi connectivity index (χ3n) is 12.7. The van der Waals surface area contributed by atoms with Crippen LogP contribution in [-0.2, 0) is 0 Å². The Morgan fingerprint density at radius 3 is 1.28 bits per heavy atom. The van der Waals surface area contributed by atoms with E-state index in [-0.39, 0.29) is 22.3 Å². The molecule has 0 atom stereocenters. The van der Waals surface area contributed by atoms with E-state index in [0.29, 0.717) is 66.9 Å². The van der Waals surface area contributed by atoms with Gasteiger partial charge in [-0.25, -0.2) is 4.90 Å². The van der Waals surface area contributed by atoms with Gasteiger partial charge >= 0.3 is 0 Å². The molecule has 1 aromatic heterocycles. The van der Waals surface area contributed by atoms with Crippen molar-refractivity contribution in [3.8, 4) is 85.6 Å². The van der Waals surface area contributed by atoms with Gasteiger partial charge in [-0.3, -0.25) is 9.59 Å². The number of carbonyl (C=O) groups is 2. The van der Waals surface area contributed by atoms with Crippen molar-refractivity contribution in [1.29, 1.82) is 21.0 Å². The third-order valence-corrected chi connectivity index (χ3v) is 12.7. The average molecular weight is 869 g/mol. The van der Waals surface area contributed by atoms with Crippen LogP contribution in [0.5, 0.6) is 0 Å². The van der Waals surface area contributed by atoms with E-state index in [4.69, 9.17) is 0 Å². The van der Waals surface area contributed by atoms with Gasteiger partial charge in [0, 0.05) is 44.2 Å². The van der Waals surface area contributed by atoms with Gasteiger partial charge in [0.15, 0.2) is 0 Å². The van der Waals surface area contributed by atoms with E-state index in [1.54, 1.807) is 48.5 Å². The zero-order valence-corrected chi connectivity index (χ0v) is 36.0. The van der Waals surface area contributed by atoms with Crippen LogP contribution in [0.25, 0.3) is 83.1 Å². The Balaban J connectivity index is 1.23. The molecule has 0 unspecified atom stereocenters. The van der Waals surface area contributed by atoms with Gasteiger partial charge < -0.3 is 4.57 Å². The molecule has 0 fully saturated rings. The number of hydrogen-bond acceptors (Lipinski definition) is 6. The number of nitrogens with zero attached hydrogens (tertiary/aromatic N) is 6. The Morgan fingerprint density at radius 1 is 0.353 bits per heavy atom. The van der Waals surface area contributed by atoms with Gasteiger partial charge in [-0.15, -0.1) is 0 Å². The number of carbonyl (C=O) groups excluding carboxylic acids is 2. The molecule has 0 N–H and O–H groups in total. The van der Waals surface area contributed by atoms with Gasteiger partial charge in [0.2, 0.25) is 0 Å². The van der Waals surface area contributed by atoms with Crippen molar-refractivity contribution < 1.29 is 9.59 Å². The van der Waals surface area contributed by atoms with Gasteiger partial charge in [0.1, 0.15) is 0 Å². The van der Waals surface area contributed by atoms with Crippen LogP contribution < -0.4 is 4.90 Å². The molecule has 314 valence electrons. The number of rotatable bonds is 7. The number of anilines is 1. The zero-order valence-electron chi connectivity index (χ0n) is 36.0. The van der Waals surface area contributed by atoms with Crippen LogP contribution in [0.1, 0.15) is 43.0 Å². The first-order chi connectivity index (χ1) is 33.4. The fraction of sp³-hybridized carbons (Fsp3) is 0. The predicted octanol–water partition coefficient (Wildman–Crippen LogP) is 13.4. The second-order valence-corrected chi connectivity index (χ2v) is 16.4. The fourth-order valence-corrected chi connectivity index (χ4v) is 9.68. The molecule has 0 bridgehead atoms. The number of amides is 2. The minimum atomic E-state index is -0.528. The Kier molecular flexibility index (Phi) is 9.84. The maximum atomic E-state index is 15.9. The Bertz CT molecular complexity index is 3750. The molecule has 0 radical (unpaired) electrons. The van der Waals surface area contributed by atoms with Gasteiger partial charge in [-0.2, -0.15) is 21.0 Å². The number of fused-ring (bicyclic) bond motifs is 4. The summed E-state index contributed by atoms with van der Waals surface area (Å²) in [6, 6.07) is 69.2. The summed E-state index contributed by atoms with van der Waals surface area (Å²) in [7, 11) is 0. The van der Waals surface area contributed by atoms with Crippen LogP contribution in [0.15, 0.2) is 194 Å². The highest BCUT2D eigenvalue weighted by Gasteiger charge is 2.42. The van der Waals surface area contributed by atoms with E-state index in [9.17, 15) is 21.0 Å². The minimum absolute atomic E-state index is 0.173. The summed E-state index contributed by atoms with van der Waals surface area (Å²) < 4.78 is 1.97. The highest BCUT2D eigenvalue weighted by molar-refractivity contribution is 6.37. The maximum absolute atomic E-state index is 15.9. The van der Waals surface area contributed by atoms with Gasteiger partial charge in [-0.1, -0.05) is 146 Å². The number of hydrogen-bond donors (Lipinski definition) is 0. The first-order valence-corrected chi connectivity index (χ1v) is 21.7. The molecular formula is C60H32N6O2. The first kappa shape index (κ1) is 40.6. The highest BCUT2D eigenvalue weighted by Crippen LogP contribution is 2.49. The number of aromatic nitrogens is 1. The molecule has 10 aromatic rings. The second kappa shape index (κ2) is 16.5. The molecule has 1 aliphatic rings. The Morgan fingerprint density at radius 2 is 0.809 bits per heavy atom. The van der Waals surface area contributed by atoms with Crippen molar-refractivity contribution in [3.63, 3.8) is 0 Å². The van der Waals surface area contributed by atoms with Crippen LogP contribution in [0.2, 0.25) is 0 Å². The highest BCUT2D eigenvalue weighted by atomic mass is 16.2. The molecule has 1 aliphatic heterocycles. The normalized spacial score (nSPS) is 11.8. The first-order valence-electron chi connectivity index (χ1n) is 21.7. The average Bonchev–Trinajstić information content (AvgIpc) is 3.88. The lowest BCUT2D eigenvalue weighted by Gasteiger charge is -2.24. The second-order valence-electron chi connectivity index (χ2n) is 16.4. The molecule has 8 nitrogen and oxygen atoms in total. The van der Waals surface area contributed by atoms with Crippen molar-refractivity contribution >= 4 is 39.3 Å². The van der Waals surface area contributed by atoms with Crippen molar-refractivity contribution in [3.05, 3.63) is 228 Å². The summed E-state index contributed by atoms with van der Waals surface area (Å²) in [5, 5.41) is 42.2. The van der Waals surface area contributed by atoms with Crippen molar-refractivity contribution in [2.75, 3.05) is 4.90 Å². The molecular weight excluding hydrogens is 837 g/mol. The van der Waals surface area contributed by atoms with E-state index >= 15 is 9.59 Å². The molecule has 0 saturated heterocycles. The molecule has 0 spiro atoms. The lowest BCUT2D eigenvalue weighted by molar-refractivity contribution is 0.0926. The SMILES string of the molecule is N#Cc1ccc(-c2cccc3c4cccc(-c5ccc(C#N)cc5C#N)c4n(-c4cccc5c4C(=O)N(c4c(-c6ccccc6)cc(-c6ccccc6)cc4-c4ccccc4)C5=O)c23)c(C#N)c1. The smallest absolute Gasteiger partial charge is 0.268 e. The van der Waals surface area contributed by atoms with E-state index in [0.717, 1.165) is 33.0 Å². The molecule has 11 rings (SSSR count). The van der Waals surface area contributed by atoms with Gasteiger partial charge in [-0.05, 0) is 70.8 Å². The summed E-state index contributed by atoms with van der Waals surface area (Å²) in [6.07, 6.45) is 0. The maximum Gasteiger partial charge on any atom is 0.268 e. The van der Waals surface area contributed by atoms with Crippen molar-refractivity contribution in [1.82, 2.24) is 4.57 Å². The van der Waals surface area contributed by atoms with Crippen LogP contribution in [0.4, 0.5) is 5.69 Å². The largest absolute Gasteiger partial charge is 0.307 e. The van der Waals surface area contributed by atoms with Crippen LogP contribution in [0, 0.1) is 45.3 Å². The standard InChI is InChI=1S/C60H32N6O2/c61-33-37-25-27-45(43(29-37)35-63)47-19-10-21-49-50-22-11-20-48(46-28-26-38(34-62)30-44(46)36-64)57(50)65(56(47)49)54-24-12-23-51-55(54)60(68)66(59(51)67)58-52(40-15-6-2-7-16-40)31-42(39-13-4-1-5-14-39)32-53(58)41-17-8-3-9-18-41/h1-32H. The van der Waals surface area contributed by atoms with Crippen molar-refractivity contribution in [2.45, 2.75) is 0 Å². The summed E-state index contributed by atoms with van der Waals surface area (Å²) in [4.78, 5) is 32.6. The molecule has 8 heteroatoms. The third kappa shape index (κ3) is 6.42. The fourth-order valence-electron chi connectivity index (χ4n) is 9.68. The molecule has 2 heterocycles. The summed E-state index contributed by atoms with van der Waals surface area (Å²) >= 11 is 0. The van der Waals surface area contributed by atoms with Crippen LogP contribution in [-0.4, -0.2) is 16.4 Å². The van der Waals surface area contributed by atoms with E-state index in [1.807, 2.05) is 150 Å². The quantitative estimate of drug-likeness (QED) is 0.146. The van der Waals surface area contributed by atoms with Crippen LogP contribution >= 0.6 is 0 Å². The Hall–Kier alpha value is -10.1. The zero-order chi connectivity index (χ0) is 46.5. The molecule has 2 amide bonds. The van der Waals surface area contributed by atoms with Crippen LogP contribution in [0.3, 0.4) is 0 Å². The van der Waals surface area contributed by atoms with E-state index in [1.165, 1.54) is 4.90 Å². The molecule has 0 saturated carbocycles. The lowest BCUT2D eigenvalue weighted by Crippen LogP contribution is -2.30. The molecule has 9 aromatic carbocycles. The minimum Gasteiger partial charge on any atom is -0.307 e. The predicted molar refractivity (Wildman–Crippen MR) is 264 cm³/mol.